The fourth-order valence-corrected chi connectivity index (χ4v) is 3.01. The van der Waals surface area contributed by atoms with E-state index in [1.54, 1.807) is 12.1 Å². The van der Waals surface area contributed by atoms with Crippen molar-refractivity contribution in [1.82, 2.24) is 10.3 Å². The number of carbonyl (C=O) groups is 1. The Labute approximate surface area is 148 Å². The molecule has 0 bridgehead atoms. The molecule has 1 unspecified atom stereocenters. The maximum Gasteiger partial charge on any atom is 0.401 e. The van der Waals surface area contributed by atoms with Gasteiger partial charge in [0.05, 0.1) is 12.1 Å². The molecule has 1 amide bonds. The number of aryl methyl sites for hydroxylation is 1. The lowest BCUT2D eigenvalue weighted by Gasteiger charge is -2.27. The number of halogens is 3. The number of alkyl halides is 3. The number of amides is 1. The number of nitrogens with zero attached hydrogens (tertiary/aromatic N) is 1. The summed E-state index contributed by atoms with van der Waals surface area (Å²) in [6.45, 7) is -1.01. The third-order valence-electron chi connectivity index (χ3n) is 4.22. The van der Waals surface area contributed by atoms with Gasteiger partial charge in [0, 0.05) is 18.3 Å². The van der Waals surface area contributed by atoms with Crippen molar-refractivity contribution in [1.29, 1.82) is 0 Å². The smallest absolute Gasteiger partial charge is 0.401 e. The summed E-state index contributed by atoms with van der Waals surface area (Å²) in [5.74, 6) is 0.271. The number of primary amides is 1. The largest absolute Gasteiger partial charge is 0.439 e. The number of benzene rings is 1. The van der Waals surface area contributed by atoms with Gasteiger partial charge in [0.1, 0.15) is 5.75 Å². The van der Waals surface area contributed by atoms with Crippen molar-refractivity contribution in [3.05, 3.63) is 53.2 Å². The molecule has 1 heterocycles. The van der Waals surface area contributed by atoms with Crippen LogP contribution in [0.2, 0.25) is 0 Å². The number of hydrogen-bond acceptors (Lipinski definition) is 4. The number of carbonyl (C=O) groups excluding carboxylic acids is 1. The molecule has 1 aromatic carbocycles. The molecule has 8 heteroatoms. The second kappa shape index (κ2) is 7.33. The maximum atomic E-state index is 12.5. The Kier molecular flexibility index (Phi) is 5.13. The fraction of sp³-hybridized carbons (Fsp3) is 0.333. The van der Waals surface area contributed by atoms with Crippen molar-refractivity contribution in [3.8, 4) is 11.6 Å². The van der Waals surface area contributed by atoms with E-state index in [-0.39, 0.29) is 11.6 Å². The summed E-state index contributed by atoms with van der Waals surface area (Å²) in [4.78, 5) is 15.1. The lowest BCUT2D eigenvalue weighted by Crippen LogP contribution is -2.33. The lowest BCUT2D eigenvalue weighted by molar-refractivity contribution is -0.126. The van der Waals surface area contributed by atoms with E-state index >= 15 is 0 Å². The van der Waals surface area contributed by atoms with Crippen LogP contribution in [0, 0.1) is 0 Å². The van der Waals surface area contributed by atoms with Crippen molar-refractivity contribution < 1.29 is 22.7 Å². The van der Waals surface area contributed by atoms with Crippen LogP contribution < -0.4 is 15.8 Å². The fourth-order valence-electron chi connectivity index (χ4n) is 3.01. The minimum Gasteiger partial charge on any atom is -0.439 e. The Balaban J connectivity index is 1.72. The molecular formula is C18H18F3N3O2. The van der Waals surface area contributed by atoms with Crippen LogP contribution in [-0.4, -0.2) is 23.6 Å². The first kappa shape index (κ1) is 18.2. The Hall–Kier alpha value is -2.61. The minimum absolute atomic E-state index is 0.279. The predicted octanol–water partition coefficient (Wildman–Crippen LogP) is 3.50. The monoisotopic (exact) mass is 365 g/mol. The number of rotatable bonds is 5. The van der Waals surface area contributed by atoms with E-state index in [1.807, 2.05) is 6.07 Å². The van der Waals surface area contributed by atoms with Gasteiger partial charge in [0.15, 0.2) is 0 Å². The van der Waals surface area contributed by atoms with Crippen LogP contribution in [0.25, 0.3) is 0 Å². The molecule has 1 aromatic heterocycles. The van der Waals surface area contributed by atoms with Gasteiger partial charge in [-0.2, -0.15) is 13.2 Å². The average molecular weight is 365 g/mol. The van der Waals surface area contributed by atoms with Crippen LogP contribution in [0.5, 0.6) is 11.6 Å². The van der Waals surface area contributed by atoms with E-state index in [1.165, 1.54) is 18.3 Å². The second-order valence-corrected chi connectivity index (χ2v) is 6.15. The first-order valence-electron chi connectivity index (χ1n) is 8.18. The van der Waals surface area contributed by atoms with Crippen molar-refractivity contribution in [2.24, 2.45) is 5.73 Å². The molecule has 138 valence electrons. The zero-order valence-corrected chi connectivity index (χ0v) is 13.8. The number of nitrogens with two attached hydrogens (primary N) is 1. The summed E-state index contributed by atoms with van der Waals surface area (Å²) in [7, 11) is 0. The van der Waals surface area contributed by atoms with Crippen LogP contribution in [0.4, 0.5) is 13.2 Å². The number of pyridine rings is 1. The van der Waals surface area contributed by atoms with Crippen molar-refractivity contribution in [3.63, 3.8) is 0 Å². The molecule has 0 spiro atoms. The summed E-state index contributed by atoms with van der Waals surface area (Å²) < 4.78 is 43.0. The molecule has 0 radical (unpaired) electrons. The quantitative estimate of drug-likeness (QED) is 0.850. The van der Waals surface area contributed by atoms with Crippen molar-refractivity contribution in [2.75, 3.05) is 6.54 Å². The number of nitrogens with one attached hydrogen (secondary N) is 1. The van der Waals surface area contributed by atoms with E-state index in [9.17, 15) is 18.0 Å². The Morgan fingerprint density at radius 1 is 1.31 bits per heavy atom. The van der Waals surface area contributed by atoms with E-state index < -0.39 is 18.6 Å². The molecule has 5 nitrogen and oxygen atoms in total. The molecule has 0 fully saturated rings. The summed E-state index contributed by atoms with van der Waals surface area (Å²) in [5.41, 5.74) is 7.27. The zero-order chi connectivity index (χ0) is 18.7. The summed E-state index contributed by atoms with van der Waals surface area (Å²) in [6, 6.07) is 8.04. The number of ether oxygens (including phenoxy) is 1. The van der Waals surface area contributed by atoms with Gasteiger partial charge < -0.3 is 15.8 Å². The minimum atomic E-state index is -4.23. The molecule has 3 N–H and O–H groups in total. The Morgan fingerprint density at radius 2 is 2.12 bits per heavy atom. The Bertz CT molecular complexity index is 791. The number of aromatic nitrogens is 1. The van der Waals surface area contributed by atoms with Crippen LogP contribution in [0.15, 0.2) is 36.5 Å². The molecule has 1 aliphatic rings. The Morgan fingerprint density at radius 3 is 2.77 bits per heavy atom. The zero-order valence-electron chi connectivity index (χ0n) is 13.8. The molecule has 2 aromatic rings. The van der Waals surface area contributed by atoms with Crippen LogP contribution >= 0.6 is 0 Å². The molecule has 1 atom stereocenters. The van der Waals surface area contributed by atoms with Crippen LogP contribution in [-0.2, 0) is 6.42 Å². The van der Waals surface area contributed by atoms with Gasteiger partial charge in [-0.25, -0.2) is 4.98 Å². The highest BCUT2D eigenvalue weighted by Gasteiger charge is 2.30. The predicted molar refractivity (Wildman–Crippen MR) is 89.0 cm³/mol. The normalized spacial score (nSPS) is 16.8. The van der Waals surface area contributed by atoms with Gasteiger partial charge in [-0.15, -0.1) is 0 Å². The van der Waals surface area contributed by atoms with E-state index in [2.05, 4.69) is 10.3 Å². The third-order valence-corrected chi connectivity index (χ3v) is 4.22. The van der Waals surface area contributed by atoms with Gasteiger partial charge in [-0.05, 0) is 48.6 Å². The summed E-state index contributed by atoms with van der Waals surface area (Å²) >= 11 is 0. The van der Waals surface area contributed by atoms with Crippen molar-refractivity contribution >= 4 is 5.91 Å². The second-order valence-electron chi connectivity index (χ2n) is 6.15. The standard InChI is InChI=1S/C18H18F3N3O2/c19-18(20,21)10-24-15-3-1-2-11-8-13(5-6-14(11)15)26-16-7-4-12(9-23-16)17(22)25/h4-9,15,24H,1-3,10H2,(H2,22,25). The molecule has 0 aliphatic heterocycles. The van der Waals surface area contributed by atoms with Gasteiger partial charge in [0.25, 0.3) is 0 Å². The average Bonchev–Trinajstić information content (AvgIpc) is 2.59. The van der Waals surface area contributed by atoms with Gasteiger partial charge in [-0.1, -0.05) is 6.07 Å². The summed E-state index contributed by atoms with van der Waals surface area (Å²) in [6.07, 6.45) is -0.654. The van der Waals surface area contributed by atoms with E-state index in [0.29, 0.717) is 18.1 Å². The lowest BCUT2D eigenvalue weighted by atomic mass is 9.87. The molecule has 0 saturated carbocycles. The highest BCUT2D eigenvalue weighted by Crippen LogP contribution is 2.33. The van der Waals surface area contributed by atoms with Crippen LogP contribution in [0.1, 0.15) is 40.4 Å². The van der Waals surface area contributed by atoms with E-state index in [4.69, 9.17) is 10.5 Å². The number of hydrogen-bond donors (Lipinski definition) is 2. The van der Waals surface area contributed by atoms with Crippen molar-refractivity contribution in [2.45, 2.75) is 31.5 Å². The molecule has 0 saturated heterocycles. The summed E-state index contributed by atoms with van der Waals surface area (Å²) in [5, 5.41) is 2.58. The third kappa shape index (κ3) is 4.51. The van der Waals surface area contributed by atoms with Crippen LogP contribution in [0.3, 0.4) is 0 Å². The van der Waals surface area contributed by atoms with Gasteiger partial charge in [0.2, 0.25) is 11.8 Å². The van der Waals surface area contributed by atoms with E-state index in [0.717, 1.165) is 24.0 Å². The first-order chi connectivity index (χ1) is 12.3. The highest BCUT2D eigenvalue weighted by molar-refractivity contribution is 5.92. The molecule has 3 rings (SSSR count). The molecule has 1 aliphatic carbocycles. The molecular weight excluding hydrogens is 347 g/mol. The highest BCUT2D eigenvalue weighted by atomic mass is 19.4. The number of fused-ring (bicyclic) bond motifs is 1. The maximum absolute atomic E-state index is 12.5. The SMILES string of the molecule is NC(=O)c1ccc(Oc2ccc3c(c2)CCCC3NCC(F)(F)F)nc1. The topological polar surface area (TPSA) is 77.2 Å². The first-order valence-corrected chi connectivity index (χ1v) is 8.18. The van der Waals surface area contributed by atoms with Gasteiger partial charge in [-0.3, -0.25) is 4.79 Å². The molecule has 26 heavy (non-hydrogen) atoms. The van der Waals surface area contributed by atoms with Gasteiger partial charge >= 0.3 is 6.18 Å².